The fourth-order valence-electron chi connectivity index (χ4n) is 2.44. The number of nitrogens with one attached hydrogen (secondary N) is 2. The predicted octanol–water partition coefficient (Wildman–Crippen LogP) is 3.42. The van der Waals surface area contributed by atoms with Crippen LogP contribution in [-0.4, -0.2) is 16.8 Å². The summed E-state index contributed by atoms with van der Waals surface area (Å²) in [7, 11) is 0. The first-order valence-electron chi connectivity index (χ1n) is 8.33. The summed E-state index contributed by atoms with van der Waals surface area (Å²) >= 11 is 0. The summed E-state index contributed by atoms with van der Waals surface area (Å²) < 4.78 is 5.45. The molecule has 0 unspecified atom stereocenters. The van der Waals surface area contributed by atoms with Crippen molar-refractivity contribution in [3.63, 3.8) is 0 Å². The number of rotatable bonds is 6. The molecule has 132 valence electrons. The van der Waals surface area contributed by atoms with Crippen molar-refractivity contribution in [3.8, 4) is 0 Å². The Balaban J connectivity index is 1.71. The Kier molecular flexibility index (Phi) is 5.43. The Morgan fingerprint density at radius 2 is 1.88 bits per heavy atom. The molecule has 0 radical (unpaired) electrons. The first kappa shape index (κ1) is 17.4. The monoisotopic (exact) mass is 349 g/mol. The number of anilines is 1. The molecule has 6 heteroatoms. The molecule has 0 fully saturated rings. The summed E-state index contributed by atoms with van der Waals surface area (Å²) in [6.45, 7) is 2.30. The molecule has 0 saturated heterocycles. The van der Waals surface area contributed by atoms with Gasteiger partial charge in [0.2, 0.25) is 0 Å². The van der Waals surface area contributed by atoms with Crippen molar-refractivity contribution in [3.05, 3.63) is 83.6 Å². The van der Waals surface area contributed by atoms with Gasteiger partial charge < -0.3 is 15.1 Å². The molecule has 6 nitrogen and oxygen atoms in total. The number of aryl methyl sites for hydroxylation is 1. The van der Waals surface area contributed by atoms with Gasteiger partial charge in [-0.2, -0.15) is 0 Å². The van der Waals surface area contributed by atoms with Crippen molar-refractivity contribution in [2.24, 2.45) is 0 Å². The molecule has 0 saturated carbocycles. The van der Waals surface area contributed by atoms with Gasteiger partial charge >= 0.3 is 0 Å². The van der Waals surface area contributed by atoms with E-state index in [1.54, 1.807) is 48.8 Å². The average Bonchev–Trinajstić information content (AvgIpc) is 3.17. The molecular formula is C20H19N3O3. The predicted molar refractivity (Wildman–Crippen MR) is 97.9 cm³/mol. The number of aromatic nitrogens is 1. The Morgan fingerprint density at radius 1 is 1.04 bits per heavy atom. The second-order valence-corrected chi connectivity index (χ2v) is 5.66. The molecule has 0 spiro atoms. The third-order valence-corrected chi connectivity index (χ3v) is 3.83. The van der Waals surface area contributed by atoms with Crippen LogP contribution in [0.2, 0.25) is 0 Å². The molecule has 2 N–H and O–H groups in total. The molecule has 0 aliphatic rings. The summed E-state index contributed by atoms with van der Waals surface area (Å²) in [4.78, 5) is 28.9. The zero-order valence-electron chi connectivity index (χ0n) is 14.4. The molecule has 0 bridgehead atoms. The van der Waals surface area contributed by atoms with Crippen molar-refractivity contribution in [2.75, 3.05) is 5.32 Å². The highest BCUT2D eigenvalue weighted by Gasteiger charge is 2.16. The van der Waals surface area contributed by atoms with Crippen LogP contribution in [0.1, 0.15) is 39.2 Å². The maximum atomic E-state index is 12.5. The van der Waals surface area contributed by atoms with E-state index in [1.807, 2.05) is 19.1 Å². The van der Waals surface area contributed by atoms with Crippen molar-refractivity contribution in [1.29, 1.82) is 0 Å². The number of amides is 2. The van der Waals surface area contributed by atoms with Gasteiger partial charge in [0, 0.05) is 25.4 Å². The zero-order valence-corrected chi connectivity index (χ0v) is 14.4. The fourth-order valence-corrected chi connectivity index (χ4v) is 2.44. The lowest BCUT2D eigenvalue weighted by Gasteiger charge is -2.11. The number of pyridine rings is 1. The SMILES string of the molecule is CCc1ccc(C(=O)Nc2ccccc2C(=O)NCc2cccnc2)o1. The number of hydrogen-bond acceptors (Lipinski definition) is 4. The number of nitrogens with zero attached hydrogens (tertiary/aromatic N) is 1. The molecule has 3 rings (SSSR count). The van der Waals surface area contributed by atoms with Crippen LogP contribution in [0.4, 0.5) is 5.69 Å². The largest absolute Gasteiger partial charge is 0.456 e. The average molecular weight is 349 g/mol. The lowest BCUT2D eigenvalue weighted by Crippen LogP contribution is -2.24. The molecule has 0 atom stereocenters. The van der Waals surface area contributed by atoms with E-state index in [0.717, 1.165) is 11.3 Å². The van der Waals surface area contributed by atoms with Gasteiger partial charge in [-0.25, -0.2) is 0 Å². The van der Waals surface area contributed by atoms with Crippen LogP contribution < -0.4 is 10.6 Å². The van der Waals surface area contributed by atoms with Gasteiger partial charge in [0.15, 0.2) is 5.76 Å². The summed E-state index contributed by atoms with van der Waals surface area (Å²) in [6.07, 6.45) is 4.07. The number of hydrogen-bond donors (Lipinski definition) is 2. The van der Waals surface area contributed by atoms with Crippen molar-refractivity contribution in [1.82, 2.24) is 10.3 Å². The molecule has 2 aromatic heterocycles. The van der Waals surface area contributed by atoms with E-state index in [4.69, 9.17) is 4.42 Å². The van der Waals surface area contributed by atoms with Crippen LogP contribution in [0.15, 0.2) is 65.3 Å². The number of benzene rings is 1. The highest BCUT2D eigenvalue weighted by atomic mass is 16.3. The standard InChI is InChI=1S/C20H19N3O3/c1-2-15-9-10-18(26-15)20(25)23-17-8-4-3-7-16(17)19(24)22-13-14-6-5-11-21-12-14/h3-12H,2,13H2,1H3,(H,22,24)(H,23,25). The second-order valence-electron chi connectivity index (χ2n) is 5.66. The molecular weight excluding hydrogens is 330 g/mol. The minimum Gasteiger partial charge on any atom is -0.456 e. The lowest BCUT2D eigenvalue weighted by molar-refractivity contribution is 0.0951. The van der Waals surface area contributed by atoms with Gasteiger partial charge in [-0.3, -0.25) is 14.6 Å². The molecule has 3 aromatic rings. The highest BCUT2D eigenvalue weighted by molar-refractivity contribution is 6.07. The second kappa shape index (κ2) is 8.11. The van der Waals surface area contributed by atoms with Gasteiger partial charge in [0.25, 0.3) is 11.8 Å². The van der Waals surface area contributed by atoms with Crippen LogP contribution in [-0.2, 0) is 13.0 Å². The van der Waals surface area contributed by atoms with Gasteiger partial charge in [-0.15, -0.1) is 0 Å². The van der Waals surface area contributed by atoms with Crippen molar-refractivity contribution >= 4 is 17.5 Å². The summed E-state index contributed by atoms with van der Waals surface area (Å²) in [5, 5.41) is 5.57. The number of carbonyl (C=O) groups is 2. The van der Waals surface area contributed by atoms with E-state index in [2.05, 4.69) is 15.6 Å². The molecule has 26 heavy (non-hydrogen) atoms. The Bertz CT molecular complexity index is 903. The van der Waals surface area contributed by atoms with Gasteiger partial charge in [0.1, 0.15) is 5.76 Å². The minimum absolute atomic E-state index is 0.215. The minimum atomic E-state index is -0.391. The Hall–Kier alpha value is -3.41. The van der Waals surface area contributed by atoms with Crippen molar-refractivity contribution in [2.45, 2.75) is 19.9 Å². The number of furan rings is 1. The highest BCUT2D eigenvalue weighted by Crippen LogP contribution is 2.17. The van der Waals surface area contributed by atoms with Crippen LogP contribution in [0.25, 0.3) is 0 Å². The Labute approximate surface area is 151 Å². The van der Waals surface area contributed by atoms with E-state index < -0.39 is 5.91 Å². The third-order valence-electron chi connectivity index (χ3n) is 3.83. The van der Waals surface area contributed by atoms with Gasteiger partial charge in [-0.1, -0.05) is 25.1 Å². The maximum absolute atomic E-state index is 12.5. The van der Waals surface area contributed by atoms with Gasteiger partial charge in [-0.05, 0) is 35.9 Å². The van der Waals surface area contributed by atoms with E-state index >= 15 is 0 Å². The van der Waals surface area contributed by atoms with Crippen LogP contribution in [0.5, 0.6) is 0 Å². The normalized spacial score (nSPS) is 10.3. The topological polar surface area (TPSA) is 84.2 Å². The molecule has 0 aliphatic carbocycles. The van der Waals surface area contributed by atoms with Crippen LogP contribution >= 0.6 is 0 Å². The van der Waals surface area contributed by atoms with Gasteiger partial charge in [0.05, 0.1) is 11.3 Å². The molecule has 2 heterocycles. The number of para-hydroxylation sites is 1. The zero-order chi connectivity index (χ0) is 18.4. The maximum Gasteiger partial charge on any atom is 0.291 e. The number of carbonyl (C=O) groups excluding carboxylic acids is 2. The fraction of sp³-hybridized carbons (Fsp3) is 0.150. The first-order valence-corrected chi connectivity index (χ1v) is 8.33. The molecule has 1 aromatic carbocycles. The summed E-state index contributed by atoms with van der Waals surface area (Å²) in [5.41, 5.74) is 1.70. The van der Waals surface area contributed by atoms with E-state index in [1.165, 1.54) is 0 Å². The third kappa shape index (κ3) is 4.16. The van der Waals surface area contributed by atoms with E-state index in [9.17, 15) is 9.59 Å². The van der Waals surface area contributed by atoms with Crippen LogP contribution in [0.3, 0.4) is 0 Å². The van der Waals surface area contributed by atoms with Crippen molar-refractivity contribution < 1.29 is 14.0 Å². The summed E-state index contributed by atoms with van der Waals surface area (Å²) in [5.74, 6) is 0.278. The Morgan fingerprint density at radius 3 is 2.62 bits per heavy atom. The molecule has 2 amide bonds. The molecule has 0 aliphatic heterocycles. The van der Waals surface area contributed by atoms with E-state index in [-0.39, 0.29) is 11.7 Å². The van der Waals surface area contributed by atoms with E-state index in [0.29, 0.717) is 24.2 Å². The quantitative estimate of drug-likeness (QED) is 0.714. The smallest absolute Gasteiger partial charge is 0.291 e. The lowest BCUT2D eigenvalue weighted by atomic mass is 10.1. The summed E-state index contributed by atoms with van der Waals surface area (Å²) in [6, 6.07) is 13.9. The van der Waals surface area contributed by atoms with Crippen LogP contribution in [0, 0.1) is 0 Å². The first-order chi connectivity index (χ1) is 12.7.